The molecule has 0 aliphatic heterocycles. The number of benzene rings is 1. The van der Waals surface area contributed by atoms with Gasteiger partial charge in [0.25, 0.3) is 0 Å². The predicted molar refractivity (Wildman–Crippen MR) is 55.5 cm³/mol. The first-order valence-electron chi connectivity index (χ1n) is 3.69. The third kappa shape index (κ3) is 2.55. The van der Waals surface area contributed by atoms with Crippen LogP contribution in [0.3, 0.4) is 0 Å². The highest BCUT2D eigenvalue weighted by atomic mass is 35.5. The number of aryl methyl sites for hydroxylation is 1. The van der Waals surface area contributed by atoms with Crippen molar-refractivity contribution in [1.82, 2.24) is 0 Å². The molecule has 0 bridgehead atoms. The number of alkyl halides is 1. The lowest BCUT2D eigenvalue weighted by Crippen LogP contribution is -1.81. The fourth-order valence-corrected chi connectivity index (χ4v) is 1.28. The van der Waals surface area contributed by atoms with Crippen LogP contribution in [0.1, 0.15) is 11.1 Å². The second-order valence-electron chi connectivity index (χ2n) is 2.56. The van der Waals surface area contributed by atoms with E-state index in [1.165, 1.54) is 0 Å². The lowest BCUT2D eigenvalue weighted by Gasteiger charge is -2.01. The van der Waals surface area contributed by atoms with Crippen LogP contribution in [0.2, 0.25) is 5.02 Å². The van der Waals surface area contributed by atoms with Gasteiger partial charge < -0.3 is 5.11 Å². The van der Waals surface area contributed by atoms with E-state index in [-0.39, 0.29) is 11.6 Å². The third-order valence-electron chi connectivity index (χ3n) is 1.55. The van der Waals surface area contributed by atoms with Gasteiger partial charge in [0.1, 0.15) is 5.75 Å². The summed E-state index contributed by atoms with van der Waals surface area (Å²) < 4.78 is 0. The van der Waals surface area contributed by atoms with E-state index in [0.717, 1.165) is 5.56 Å². The van der Waals surface area contributed by atoms with Crippen LogP contribution in [0.15, 0.2) is 12.1 Å². The van der Waals surface area contributed by atoms with E-state index in [0.29, 0.717) is 10.6 Å². The molecule has 0 radical (unpaired) electrons. The van der Waals surface area contributed by atoms with Crippen molar-refractivity contribution in [3.05, 3.63) is 28.3 Å². The quantitative estimate of drug-likeness (QED) is 0.521. The Morgan fingerprint density at radius 3 is 2.69 bits per heavy atom. The summed E-state index contributed by atoms with van der Waals surface area (Å²) in [6.07, 6.45) is 0. The number of phenols is 1. The van der Waals surface area contributed by atoms with Crippen LogP contribution in [0, 0.1) is 18.8 Å². The average Bonchev–Trinajstić information content (AvgIpc) is 2.10. The topological polar surface area (TPSA) is 20.2 Å². The molecule has 0 atom stereocenters. The molecule has 0 amide bonds. The zero-order valence-electron chi connectivity index (χ0n) is 7.06. The van der Waals surface area contributed by atoms with Gasteiger partial charge in [0.2, 0.25) is 0 Å². The molecule has 3 heteroatoms. The van der Waals surface area contributed by atoms with E-state index in [4.69, 9.17) is 23.2 Å². The maximum absolute atomic E-state index is 9.35. The summed E-state index contributed by atoms with van der Waals surface area (Å²) in [5.41, 5.74) is 1.48. The zero-order chi connectivity index (χ0) is 9.84. The van der Waals surface area contributed by atoms with E-state index in [1.54, 1.807) is 19.1 Å². The second kappa shape index (κ2) is 4.41. The first-order chi connectivity index (χ1) is 6.15. The molecule has 1 rings (SSSR count). The van der Waals surface area contributed by atoms with Crippen molar-refractivity contribution in [2.24, 2.45) is 0 Å². The van der Waals surface area contributed by atoms with Gasteiger partial charge in [-0.25, -0.2) is 0 Å². The minimum absolute atomic E-state index is 0.109. The van der Waals surface area contributed by atoms with Gasteiger partial charge in [0, 0.05) is 5.56 Å². The Labute approximate surface area is 87.3 Å². The first-order valence-corrected chi connectivity index (χ1v) is 4.60. The number of halogens is 2. The van der Waals surface area contributed by atoms with Gasteiger partial charge in [0.15, 0.2) is 0 Å². The molecule has 0 fully saturated rings. The molecule has 0 aliphatic carbocycles. The maximum atomic E-state index is 9.35. The molecule has 0 aliphatic rings. The number of aromatic hydroxyl groups is 1. The van der Waals surface area contributed by atoms with Crippen molar-refractivity contribution >= 4 is 23.2 Å². The molecular weight excluding hydrogens is 207 g/mol. The fourth-order valence-electron chi connectivity index (χ4n) is 0.944. The molecule has 13 heavy (non-hydrogen) atoms. The minimum Gasteiger partial charge on any atom is -0.506 e. The van der Waals surface area contributed by atoms with E-state index < -0.39 is 0 Å². The monoisotopic (exact) mass is 214 g/mol. The summed E-state index contributed by atoms with van der Waals surface area (Å²) in [4.78, 5) is 0. The second-order valence-corrected chi connectivity index (χ2v) is 3.23. The zero-order valence-corrected chi connectivity index (χ0v) is 8.58. The van der Waals surface area contributed by atoms with Crippen LogP contribution in [0.5, 0.6) is 5.75 Å². The lowest BCUT2D eigenvalue weighted by molar-refractivity contribution is 0.471. The van der Waals surface area contributed by atoms with Crippen LogP contribution in [0.4, 0.5) is 0 Å². The normalized spacial score (nSPS) is 9.15. The molecule has 0 aromatic heterocycles. The van der Waals surface area contributed by atoms with Gasteiger partial charge in [-0.05, 0) is 24.6 Å². The van der Waals surface area contributed by atoms with Crippen LogP contribution in [0.25, 0.3) is 0 Å². The molecule has 1 aromatic carbocycles. The van der Waals surface area contributed by atoms with E-state index in [2.05, 4.69) is 11.8 Å². The highest BCUT2D eigenvalue weighted by Gasteiger charge is 2.02. The van der Waals surface area contributed by atoms with Crippen molar-refractivity contribution < 1.29 is 5.11 Å². The van der Waals surface area contributed by atoms with Gasteiger partial charge >= 0.3 is 0 Å². The van der Waals surface area contributed by atoms with Crippen molar-refractivity contribution in [1.29, 1.82) is 0 Å². The Morgan fingerprint density at radius 2 is 2.15 bits per heavy atom. The molecule has 0 spiro atoms. The third-order valence-corrected chi connectivity index (χ3v) is 1.98. The smallest absolute Gasteiger partial charge is 0.137 e. The Morgan fingerprint density at radius 1 is 1.46 bits per heavy atom. The van der Waals surface area contributed by atoms with Crippen molar-refractivity contribution in [3.63, 3.8) is 0 Å². The molecule has 0 unspecified atom stereocenters. The average molecular weight is 215 g/mol. The maximum Gasteiger partial charge on any atom is 0.137 e. The molecule has 68 valence electrons. The summed E-state index contributed by atoms with van der Waals surface area (Å²) in [6, 6.07) is 3.38. The summed E-state index contributed by atoms with van der Waals surface area (Å²) in [5, 5.41) is 9.67. The van der Waals surface area contributed by atoms with E-state index >= 15 is 0 Å². The summed E-state index contributed by atoms with van der Waals surface area (Å²) in [6.45, 7) is 1.77. The van der Waals surface area contributed by atoms with Gasteiger partial charge in [-0.1, -0.05) is 23.4 Å². The van der Waals surface area contributed by atoms with Crippen molar-refractivity contribution in [2.75, 3.05) is 5.88 Å². The van der Waals surface area contributed by atoms with Gasteiger partial charge in [-0.3, -0.25) is 0 Å². The van der Waals surface area contributed by atoms with Crippen LogP contribution in [-0.4, -0.2) is 11.0 Å². The first kappa shape index (κ1) is 10.2. The highest BCUT2D eigenvalue weighted by molar-refractivity contribution is 6.32. The molecule has 0 saturated heterocycles. The Hall–Kier alpha value is -0.840. The van der Waals surface area contributed by atoms with E-state index in [9.17, 15) is 5.11 Å². The SMILES string of the molecule is Cc1cc(C#CCCl)cc(Cl)c1O. The van der Waals surface area contributed by atoms with Crippen LogP contribution >= 0.6 is 23.2 Å². The Kier molecular flexibility index (Phi) is 3.48. The Balaban J connectivity index is 3.13. The molecule has 1 aromatic rings. The number of rotatable bonds is 0. The molecule has 1 N–H and O–H groups in total. The summed E-state index contributed by atoms with van der Waals surface area (Å²) in [7, 11) is 0. The highest BCUT2D eigenvalue weighted by Crippen LogP contribution is 2.27. The molecule has 1 nitrogen and oxygen atoms in total. The standard InChI is InChI=1S/C10H8Cl2O/c1-7-5-8(3-2-4-11)6-9(12)10(7)13/h5-6,13H,4H2,1H3. The predicted octanol–water partition coefficient (Wildman–Crippen LogP) is 2.94. The number of hydrogen-bond donors (Lipinski definition) is 1. The summed E-state index contributed by atoms with van der Waals surface area (Å²) >= 11 is 11.2. The van der Waals surface area contributed by atoms with Gasteiger partial charge in [-0.2, -0.15) is 0 Å². The fraction of sp³-hybridized carbons (Fsp3) is 0.200. The van der Waals surface area contributed by atoms with Crippen molar-refractivity contribution in [2.45, 2.75) is 6.92 Å². The van der Waals surface area contributed by atoms with Gasteiger partial charge in [-0.15, -0.1) is 11.6 Å². The lowest BCUT2D eigenvalue weighted by atomic mass is 10.1. The minimum atomic E-state index is 0.109. The van der Waals surface area contributed by atoms with Gasteiger partial charge in [0.05, 0.1) is 10.9 Å². The van der Waals surface area contributed by atoms with Crippen LogP contribution in [-0.2, 0) is 0 Å². The largest absolute Gasteiger partial charge is 0.506 e. The molecule has 0 saturated carbocycles. The summed E-state index contributed by atoms with van der Waals surface area (Å²) in [5.74, 6) is 5.94. The Bertz CT molecular complexity index is 351. The molecule has 0 heterocycles. The number of phenolic OH excluding ortho intramolecular Hbond substituents is 1. The van der Waals surface area contributed by atoms with E-state index in [1.807, 2.05) is 0 Å². The van der Waals surface area contributed by atoms with Crippen molar-refractivity contribution in [3.8, 4) is 17.6 Å². The van der Waals surface area contributed by atoms with Crippen LogP contribution < -0.4 is 0 Å². The number of hydrogen-bond acceptors (Lipinski definition) is 1. The molecular formula is C10H8Cl2O.